The number of morpholine rings is 1. The molecule has 2 N–H and O–H groups in total. The predicted octanol–water partition coefficient (Wildman–Crippen LogP) is 2.32. The van der Waals surface area contributed by atoms with E-state index in [0.29, 0.717) is 26.2 Å². The molecule has 1 aliphatic heterocycles. The number of benzene rings is 1. The van der Waals surface area contributed by atoms with Crippen LogP contribution >= 0.6 is 0 Å². The van der Waals surface area contributed by atoms with Crippen molar-refractivity contribution < 1.29 is 14.6 Å². The van der Waals surface area contributed by atoms with Crippen LogP contribution in [0, 0.1) is 0 Å². The number of aliphatic hydroxyl groups excluding tert-OH is 1. The van der Waals surface area contributed by atoms with E-state index < -0.39 is 6.10 Å². The lowest BCUT2D eigenvalue weighted by molar-refractivity contribution is -0.00793. The van der Waals surface area contributed by atoms with Crippen LogP contribution in [-0.4, -0.2) is 47.4 Å². The van der Waals surface area contributed by atoms with Crippen LogP contribution in [0.1, 0.15) is 38.9 Å². The van der Waals surface area contributed by atoms with Crippen molar-refractivity contribution in [1.82, 2.24) is 10.2 Å². The number of aliphatic hydroxyl groups is 1. The Labute approximate surface area is 132 Å². The minimum Gasteiger partial charge on any atom is -0.388 e. The van der Waals surface area contributed by atoms with E-state index in [-0.39, 0.29) is 17.6 Å². The van der Waals surface area contributed by atoms with Gasteiger partial charge in [-0.1, -0.05) is 30.3 Å². The number of amides is 2. The molecule has 0 radical (unpaired) electrons. The molecule has 2 amide bonds. The molecule has 5 nitrogen and oxygen atoms in total. The molecule has 0 aliphatic carbocycles. The topological polar surface area (TPSA) is 61.8 Å². The maximum absolute atomic E-state index is 12.4. The molecule has 0 unspecified atom stereocenters. The third kappa shape index (κ3) is 4.71. The normalized spacial score (nSPS) is 20.5. The average Bonchev–Trinajstić information content (AvgIpc) is 2.47. The molecule has 1 saturated heterocycles. The highest BCUT2D eigenvalue weighted by atomic mass is 16.5. The largest absolute Gasteiger partial charge is 0.388 e. The smallest absolute Gasteiger partial charge is 0.318 e. The fourth-order valence-corrected chi connectivity index (χ4v) is 2.58. The molecule has 1 aromatic carbocycles. The second kappa shape index (κ2) is 7.11. The van der Waals surface area contributed by atoms with E-state index >= 15 is 0 Å². The van der Waals surface area contributed by atoms with Crippen LogP contribution in [-0.2, 0) is 4.74 Å². The number of nitrogens with one attached hydrogen (secondary N) is 1. The maximum Gasteiger partial charge on any atom is 0.318 e. The number of nitrogens with zero attached hydrogens (tertiary/aromatic N) is 1. The lowest BCUT2D eigenvalue weighted by atomic mass is 10.0. The quantitative estimate of drug-likeness (QED) is 0.901. The maximum atomic E-state index is 12.4. The molecule has 1 fully saturated rings. The highest BCUT2D eigenvalue weighted by molar-refractivity contribution is 5.75. The Morgan fingerprint density at radius 2 is 2.09 bits per heavy atom. The van der Waals surface area contributed by atoms with E-state index in [9.17, 15) is 9.90 Å². The molecular weight excluding hydrogens is 280 g/mol. The van der Waals surface area contributed by atoms with Crippen LogP contribution in [0.4, 0.5) is 4.79 Å². The number of rotatable bonds is 3. The third-order valence-corrected chi connectivity index (χ3v) is 3.65. The molecule has 0 aromatic heterocycles. The number of carbonyl (C=O) groups excluding carboxylic acids is 1. The lowest BCUT2D eigenvalue weighted by Crippen LogP contribution is -2.56. The summed E-state index contributed by atoms with van der Waals surface area (Å²) in [5, 5.41) is 13.4. The van der Waals surface area contributed by atoms with Gasteiger partial charge in [-0.25, -0.2) is 4.79 Å². The van der Waals surface area contributed by atoms with E-state index in [1.54, 1.807) is 4.90 Å². The highest BCUT2D eigenvalue weighted by Crippen LogP contribution is 2.22. The Balaban J connectivity index is 2.02. The second-order valence-corrected chi connectivity index (χ2v) is 6.76. The van der Waals surface area contributed by atoms with Gasteiger partial charge in [0.05, 0.1) is 25.4 Å². The van der Waals surface area contributed by atoms with Gasteiger partial charge in [-0.3, -0.25) is 0 Å². The Kier molecular flexibility index (Phi) is 5.42. The molecule has 0 saturated carbocycles. The molecule has 5 heteroatoms. The number of hydrogen-bond donors (Lipinski definition) is 2. The van der Waals surface area contributed by atoms with Crippen LogP contribution in [0.3, 0.4) is 0 Å². The summed E-state index contributed by atoms with van der Waals surface area (Å²) in [4.78, 5) is 14.2. The van der Waals surface area contributed by atoms with Crippen molar-refractivity contribution in [1.29, 1.82) is 0 Å². The lowest BCUT2D eigenvalue weighted by Gasteiger charge is -2.38. The summed E-state index contributed by atoms with van der Waals surface area (Å²) in [7, 11) is 0. The van der Waals surface area contributed by atoms with Crippen LogP contribution in [0.2, 0.25) is 0 Å². The van der Waals surface area contributed by atoms with Gasteiger partial charge in [0.25, 0.3) is 0 Å². The Bertz CT molecular complexity index is 484. The van der Waals surface area contributed by atoms with Crippen LogP contribution in [0.25, 0.3) is 0 Å². The number of hydrogen-bond acceptors (Lipinski definition) is 3. The van der Waals surface area contributed by atoms with E-state index in [0.717, 1.165) is 5.56 Å². The van der Waals surface area contributed by atoms with E-state index in [1.807, 2.05) is 51.1 Å². The monoisotopic (exact) mass is 306 g/mol. The highest BCUT2D eigenvalue weighted by Gasteiger charge is 2.31. The molecule has 122 valence electrons. The molecule has 2 atom stereocenters. The van der Waals surface area contributed by atoms with E-state index in [4.69, 9.17) is 4.74 Å². The Hall–Kier alpha value is -1.59. The van der Waals surface area contributed by atoms with Crippen molar-refractivity contribution in [3.8, 4) is 0 Å². The van der Waals surface area contributed by atoms with Gasteiger partial charge >= 0.3 is 6.03 Å². The zero-order chi connectivity index (χ0) is 16.2. The van der Waals surface area contributed by atoms with E-state index in [2.05, 4.69) is 5.32 Å². The first-order valence-corrected chi connectivity index (χ1v) is 7.76. The van der Waals surface area contributed by atoms with Crippen molar-refractivity contribution in [2.45, 2.75) is 44.9 Å². The van der Waals surface area contributed by atoms with Gasteiger partial charge in [-0.2, -0.15) is 0 Å². The Morgan fingerprint density at radius 3 is 2.73 bits per heavy atom. The summed E-state index contributed by atoms with van der Waals surface area (Å²) in [6.45, 7) is 7.42. The zero-order valence-electron chi connectivity index (χ0n) is 13.6. The predicted molar refractivity (Wildman–Crippen MR) is 85.6 cm³/mol. The third-order valence-electron chi connectivity index (χ3n) is 3.65. The molecule has 22 heavy (non-hydrogen) atoms. The molecule has 0 bridgehead atoms. The van der Waals surface area contributed by atoms with Gasteiger partial charge in [0.2, 0.25) is 0 Å². The first kappa shape index (κ1) is 16.8. The van der Waals surface area contributed by atoms with Gasteiger partial charge in [-0.15, -0.1) is 0 Å². The van der Waals surface area contributed by atoms with E-state index in [1.165, 1.54) is 0 Å². The summed E-state index contributed by atoms with van der Waals surface area (Å²) in [5.41, 5.74) is 0.585. The fraction of sp³-hybridized carbons (Fsp3) is 0.588. The van der Waals surface area contributed by atoms with Gasteiger partial charge in [-0.05, 0) is 26.3 Å². The zero-order valence-corrected chi connectivity index (χ0v) is 13.6. The Morgan fingerprint density at radius 1 is 1.41 bits per heavy atom. The first-order chi connectivity index (χ1) is 10.4. The molecule has 1 aromatic rings. The minimum atomic E-state index is -0.599. The summed E-state index contributed by atoms with van der Waals surface area (Å²) >= 11 is 0. The van der Waals surface area contributed by atoms with Crippen molar-refractivity contribution in [2.24, 2.45) is 0 Å². The first-order valence-electron chi connectivity index (χ1n) is 7.76. The second-order valence-electron chi connectivity index (χ2n) is 6.76. The van der Waals surface area contributed by atoms with Gasteiger partial charge in [0.1, 0.15) is 0 Å². The van der Waals surface area contributed by atoms with Crippen LogP contribution in [0.5, 0.6) is 0 Å². The molecule has 1 heterocycles. The standard InChI is InChI=1S/C17H26N2O3/c1-17(2,3)18-16(21)19-9-10-22-12-14(19)11-15(20)13-7-5-4-6-8-13/h4-8,14-15,20H,9-12H2,1-3H3,(H,18,21)/t14-,15+/m0/s1. The molecular formula is C17H26N2O3. The average molecular weight is 306 g/mol. The SMILES string of the molecule is CC(C)(C)NC(=O)N1CCOC[C@@H]1C[C@@H](O)c1ccccc1. The van der Waals surface area contributed by atoms with Crippen molar-refractivity contribution in [3.63, 3.8) is 0 Å². The van der Waals surface area contributed by atoms with Gasteiger partial charge in [0.15, 0.2) is 0 Å². The molecule has 1 aliphatic rings. The van der Waals surface area contributed by atoms with Crippen molar-refractivity contribution >= 4 is 6.03 Å². The van der Waals surface area contributed by atoms with Gasteiger partial charge < -0.3 is 20.1 Å². The summed E-state index contributed by atoms with van der Waals surface area (Å²) in [5.74, 6) is 0. The number of urea groups is 1. The van der Waals surface area contributed by atoms with Crippen LogP contribution < -0.4 is 5.32 Å². The van der Waals surface area contributed by atoms with Crippen LogP contribution in [0.15, 0.2) is 30.3 Å². The number of carbonyl (C=O) groups is 1. The minimum absolute atomic E-state index is 0.0962. The van der Waals surface area contributed by atoms with Crippen molar-refractivity contribution in [2.75, 3.05) is 19.8 Å². The molecule has 0 spiro atoms. The summed E-state index contributed by atoms with van der Waals surface area (Å²) in [6, 6.07) is 9.30. The summed E-state index contributed by atoms with van der Waals surface area (Å²) in [6.07, 6.45) is -0.125. The number of ether oxygens (including phenoxy) is 1. The fourth-order valence-electron chi connectivity index (χ4n) is 2.58. The van der Waals surface area contributed by atoms with Gasteiger partial charge in [0, 0.05) is 18.5 Å². The van der Waals surface area contributed by atoms with Crippen molar-refractivity contribution in [3.05, 3.63) is 35.9 Å². The summed E-state index contributed by atoms with van der Waals surface area (Å²) < 4.78 is 5.50. The molecule has 2 rings (SSSR count).